The standard InChI is InChI=1S/C12H19FO/c1-4-7-11(2,3)12(14)8-5-10(13)6-9-12/h5-6,8,14H,4,7,9H2,1-3H3. The molecule has 0 saturated carbocycles. The number of aliphatic hydroxyl groups is 1. The average Bonchev–Trinajstić information content (AvgIpc) is 2.10. The first-order valence-corrected chi connectivity index (χ1v) is 5.18. The first kappa shape index (κ1) is 11.4. The van der Waals surface area contributed by atoms with E-state index >= 15 is 0 Å². The van der Waals surface area contributed by atoms with E-state index in [9.17, 15) is 9.50 Å². The molecule has 0 amide bonds. The second-order valence-corrected chi connectivity index (χ2v) is 4.68. The average molecular weight is 198 g/mol. The van der Waals surface area contributed by atoms with Crippen molar-refractivity contribution >= 4 is 0 Å². The maximum atomic E-state index is 12.8. The van der Waals surface area contributed by atoms with Gasteiger partial charge < -0.3 is 5.11 Å². The summed E-state index contributed by atoms with van der Waals surface area (Å²) in [6, 6.07) is 0. The highest BCUT2D eigenvalue weighted by molar-refractivity contribution is 5.25. The monoisotopic (exact) mass is 198 g/mol. The third-order valence-corrected chi connectivity index (χ3v) is 3.17. The normalized spacial score (nSPS) is 27.6. The Morgan fingerprint density at radius 2 is 2.21 bits per heavy atom. The van der Waals surface area contributed by atoms with Gasteiger partial charge >= 0.3 is 0 Å². The maximum Gasteiger partial charge on any atom is 0.119 e. The minimum absolute atomic E-state index is 0.199. The molecule has 0 aromatic carbocycles. The van der Waals surface area contributed by atoms with Gasteiger partial charge in [-0.2, -0.15) is 0 Å². The van der Waals surface area contributed by atoms with Crippen LogP contribution >= 0.6 is 0 Å². The molecule has 0 bridgehead atoms. The van der Waals surface area contributed by atoms with E-state index in [1.807, 2.05) is 13.8 Å². The Balaban J connectivity index is 2.82. The molecule has 1 atom stereocenters. The van der Waals surface area contributed by atoms with E-state index < -0.39 is 5.60 Å². The molecule has 0 aromatic rings. The number of rotatable bonds is 3. The molecule has 0 fully saturated rings. The predicted octanol–water partition coefficient (Wildman–Crippen LogP) is 3.36. The largest absolute Gasteiger partial charge is 0.385 e. The van der Waals surface area contributed by atoms with Crippen LogP contribution in [-0.4, -0.2) is 10.7 Å². The van der Waals surface area contributed by atoms with Crippen LogP contribution in [0, 0.1) is 5.41 Å². The molecule has 1 nitrogen and oxygen atoms in total. The summed E-state index contributed by atoms with van der Waals surface area (Å²) in [5.74, 6) is -0.248. The Morgan fingerprint density at radius 1 is 1.57 bits per heavy atom. The maximum absolute atomic E-state index is 12.8. The molecule has 0 aromatic heterocycles. The predicted molar refractivity (Wildman–Crippen MR) is 56.6 cm³/mol. The van der Waals surface area contributed by atoms with Crippen LogP contribution in [0.1, 0.15) is 40.0 Å². The van der Waals surface area contributed by atoms with E-state index in [1.165, 1.54) is 12.2 Å². The van der Waals surface area contributed by atoms with E-state index in [4.69, 9.17) is 0 Å². The molecule has 0 saturated heterocycles. The fraction of sp³-hybridized carbons (Fsp3) is 0.667. The minimum atomic E-state index is -0.890. The zero-order valence-electron chi connectivity index (χ0n) is 9.18. The number of hydrogen-bond donors (Lipinski definition) is 1. The first-order chi connectivity index (χ1) is 6.41. The van der Waals surface area contributed by atoms with Crippen LogP contribution in [-0.2, 0) is 0 Å². The van der Waals surface area contributed by atoms with Crippen LogP contribution in [0.4, 0.5) is 4.39 Å². The summed E-state index contributed by atoms with van der Waals surface area (Å²) in [7, 11) is 0. The van der Waals surface area contributed by atoms with Crippen LogP contribution in [0.2, 0.25) is 0 Å². The van der Waals surface area contributed by atoms with Crippen LogP contribution in [0.3, 0.4) is 0 Å². The van der Waals surface area contributed by atoms with Crippen molar-refractivity contribution < 1.29 is 9.50 Å². The second-order valence-electron chi connectivity index (χ2n) is 4.68. The minimum Gasteiger partial charge on any atom is -0.385 e. The number of hydrogen-bond acceptors (Lipinski definition) is 1. The third-order valence-electron chi connectivity index (χ3n) is 3.17. The summed E-state index contributed by atoms with van der Waals surface area (Å²) in [6.45, 7) is 6.14. The van der Waals surface area contributed by atoms with Crippen molar-refractivity contribution in [3.05, 3.63) is 24.1 Å². The molecule has 1 aliphatic carbocycles. The van der Waals surface area contributed by atoms with E-state index in [-0.39, 0.29) is 11.2 Å². The second kappa shape index (κ2) is 3.85. The lowest BCUT2D eigenvalue weighted by atomic mass is 9.69. The zero-order chi connectivity index (χ0) is 10.8. The van der Waals surface area contributed by atoms with Crippen LogP contribution in [0.15, 0.2) is 24.1 Å². The summed E-state index contributed by atoms with van der Waals surface area (Å²) >= 11 is 0. The van der Waals surface area contributed by atoms with Crippen molar-refractivity contribution in [3.63, 3.8) is 0 Å². The van der Waals surface area contributed by atoms with Gasteiger partial charge in [-0.3, -0.25) is 0 Å². The molecule has 2 heteroatoms. The van der Waals surface area contributed by atoms with Crippen LogP contribution in [0.5, 0.6) is 0 Å². The Bertz CT molecular complexity index is 265. The Labute approximate surface area is 85.3 Å². The molecular formula is C12H19FO. The molecule has 14 heavy (non-hydrogen) atoms. The van der Waals surface area contributed by atoms with Gasteiger partial charge in [-0.05, 0) is 30.1 Å². The van der Waals surface area contributed by atoms with Gasteiger partial charge in [-0.15, -0.1) is 0 Å². The fourth-order valence-corrected chi connectivity index (χ4v) is 1.95. The van der Waals surface area contributed by atoms with Gasteiger partial charge in [-0.1, -0.05) is 27.2 Å². The summed E-state index contributed by atoms with van der Waals surface area (Å²) in [6.07, 6.45) is 6.75. The van der Waals surface area contributed by atoms with Crippen LogP contribution in [0.25, 0.3) is 0 Å². The van der Waals surface area contributed by atoms with Gasteiger partial charge in [0.1, 0.15) is 5.83 Å². The molecule has 0 heterocycles. The summed E-state index contributed by atoms with van der Waals surface area (Å²) in [5.41, 5.74) is -1.09. The highest BCUT2D eigenvalue weighted by Gasteiger charge is 2.40. The van der Waals surface area contributed by atoms with Crippen molar-refractivity contribution in [2.24, 2.45) is 5.41 Å². The molecule has 1 aliphatic rings. The molecule has 1 unspecified atom stereocenters. The Kier molecular flexibility index (Phi) is 3.15. The molecule has 0 aliphatic heterocycles. The number of allylic oxidation sites excluding steroid dienone is 2. The van der Waals surface area contributed by atoms with Gasteiger partial charge in [0.05, 0.1) is 5.60 Å². The van der Waals surface area contributed by atoms with E-state index in [0.717, 1.165) is 12.8 Å². The number of halogens is 1. The lowest BCUT2D eigenvalue weighted by Gasteiger charge is -2.41. The van der Waals surface area contributed by atoms with E-state index in [2.05, 4.69) is 6.92 Å². The van der Waals surface area contributed by atoms with Gasteiger partial charge in [0.25, 0.3) is 0 Å². The van der Waals surface area contributed by atoms with Crippen molar-refractivity contribution in [3.8, 4) is 0 Å². The molecule has 0 radical (unpaired) electrons. The van der Waals surface area contributed by atoms with E-state index in [0.29, 0.717) is 6.42 Å². The Hall–Kier alpha value is -0.630. The van der Waals surface area contributed by atoms with Crippen molar-refractivity contribution in [2.75, 3.05) is 0 Å². The molecule has 0 spiro atoms. The smallest absolute Gasteiger partial charge is 0.119 e. The lowest BCUT2D eigenvalue weighted by molar-refractivity contribution is -0.0287. The van der Waals surface area contributed by atoms with Crippen molar-refractivity contribution in [1.82, 2.24) is 0 Å². The highest BCUT2D eigenvalue weighted by Crippen LogP contribution is 2.41. The quantitative estimate of drug-likeness (QED) is 0.737. The Morgan fingerprint density at radius 3 is 2.64 bits per heavy atom. The van der Waals surface area contributed by atoms with Crippen molar-refractivity contribution in [2.45, 2.75) is 45.6 Å². The van der Waals surface area contributed by atoms with Gasteiger partial charge in [0, 0.05) is 6.42 Å². The zero-order valence-corrected chi connectivity index (χ0v) is 9.18. The molecule has 1 rings (SSSR count). The highest BCUT2D eigenvalue weighted by atomic mass is 19.1. The first-order valence-electron chi connectivity index (χ1n) is 5.18. The van der Waals surface area contributed by atoms with Crippen LogP contribution < -0.4 is 0 Å². The van der Waals surface area contributed by atoms with Crippen molar-refractivity contribution in [1.29, 1.82) is 0 Å². The lowest BCUT2D eigenvalue weighted by Crippen LogP contribution is -2.43. The fourth-order valence-electron chi connectivity index (χ4n) is 1.95. The molecular weight excluding hydrogens is 179 g/mol. The SMILES string of the molecule is CCCC(C)(C)C1(O)C=CC(F)=CC1. The molecule has 1 N–H and O–H groups in total. The van der Waals surface area contributed by atoms with Gasteiger partial charge in [-0.25, -0.2) is 4.39 Å². The van der Waals surface area contributed by atoms with E-state index in [1.54, 1.807) is 6.08 Å². The molecule has 80 valence electrons. The summed E-state index contributed by atoms with van der Waals surface area (Å²) in [5, 5.41) is 10.3. The summed E-state index contributed by atoms with van der Waals surface area (Å²) in [4.78, 5) is 0. The van der Waals surface area contributed by atoms with Gasteiger partial charge in [0.15, 0.2) is 0 Å². The topological polar surface area (TPSA) is 20.2 Å². The third kappa shape index (κ3) is 2.06. The summed E-state index contributed by atoms with van der Waals surface area (Å²) < 4.78 is 12.8. The van der Waals surface area contributed by atoms with Gasteiger partial charge in [0.2, 0.25) is 0 Å².